The Morgan fingerprint density at radius 1 is 1.00 bits per heavy atom. The normalized spacial score (nSPS) is 11.5. The van der Waals surface area contributed by atoms with Crippen LogP contribution in [0.2, 0.25) is 6.04 Å². The van der Waals surface area contributed by atoms with Gasteiger partial charge in [0.05, 0.1) is 7.11 Å². The Kier molecular flexibility index (Phi) is 5.63. The Labute approximate surface area is 104 Å². The summed E-state index contributed by atoms with van der Waals surface area (Å²) in [6.45, 7) is 0. The van der Waals surface area contributed by atoms with Crippen molar-refractivity contribution in [2.24, 2.45) is 0 Å². The second kappa shape index (κ2) is 6.76. The molecule has 1 aromatic carbocycles. The number of hydrogen-bond acceptors (Lipinski definition) is 4. The molecule has 0 saturated carbocycles. The number of methoxy groups -OCH3 is 1. The molecule has 0 aliphatic rings. The van der Waals surface area contributed by atoms with E-state index in [1.807, 2.05) is 18.2 Å². The smallest absolute Gasteiger partial charge is 0.497 e. The lowest BCUT2D eigenvalue weighted by Crippen LogP contribution is -2.43. The van der Waals surface area contributed by atoms with E-state index in [1.165, 1.54) is 5.56 Å². The summed E-state index contributed by atoms with van der Waals surface area (Å²) in [5, 5.41) is 0. The summed E-state index contributed by atoms with van der Waals surface area (Å²) in [6.07, 6.45) is 0.846. The van der Waals surface area contributed by atoms with Crippen molar-refractivity contribution in [3.05, 3.63) is 29.8 Å². The molecule has 0 bridgehead atoms. The van der Waals surface area contributed by atoms with E-state index in [2.05, 4.69) is 6.07 Å². The lowest BCUT2D eigenvalue weighted by molar-refractivity contribution is 0.123. The Hall–Kier alpha value is -0.883. The largest absolute Gasteiger partial charge is 0.500 e. The summed E-state index contributed by atoms with van der Waals surface area (Å²) < 4.78 is 21.3. The monoisotopic (exact) mass is 256 g/mol. The van der Waals surface area contributed by atoms with Gasteiger partial charge in [0.15, 0.2) is 0 Å². The van der Waals surface area contributed by atoms with Crippen LogP contribution in [0.15, 0.2) is 24.3 Å². The van der Waals surface area contributed by atoms with Crippen molar-refractivity contribution >= 4 is 8.80 Å². The molecule has 5 heteroatoms. The van der Waals surface area contributed by atoms with Crippen LogP contribution in [0.1, 0.15) is 5.56 Å². The van der Waals surface area contributed by atoms with Crippen LogP contribution in [-0.2, 0) is 19.7 Å². The molecule has 0 heterocycles. The first kappa shape index (κ1) is 14.2. The molecule has 0 atom stereocenters. The third-order valence-corrected chi connectivity index (χ3v) is 5.52. The fourth-order valence-corrected chi connectivity index (χ4v) is 3.39. The predicted molar refractivity (Wildman–Crippen MR) is 68.3 cm³/mol. The highest BCUT2D eigenvalue weighted by Crippen LogP contribution is 2.19. The Morgan fingerprint density at radius 2 is 1.65 bits per heavy atom. The number of ether oxygens (including phenoxy) is 1. The summed E-state index contributed by atoms with van der Waals surface area (Å²) in [5.41, 5.74) is 1.19. The highest BCUT2D eigenvalue weighted by atomic mass is 28.4. The van der Waals surface area contributed by atoms with Gasteiger partial charge >= 0.3 is 8.80 Å². The molecular formula is C12H20O4Si. The molecule has 0 saturated heterocycles. The summed E-state index contributed by atoms with van der Waals surface area (Å²) in [5.74, 6) is 0.863. The van der Waals surface area contributed by atoms with Gasteiger partial charge < -0.3 is 18.0 Å². The summed E-state index contributed by atoms with van der Waals surface area (Å²) in [7, 11) is 4.09. The number of rotatable bonds is 7. The molecule has 0 N–H and O–H groups in total. The molecule has 1 rings (SSSR count). The second-order valence-corrected chi connectivity index (χ2v) is 6.74. The van der Waals surface area contributed by atoms with Crippen molar-refractivity contribution < 1.29 is 18.0 Å². The molecule has 17 heavy (non-hydrogen) atoms. The van der Waals surface area contributed by atoms with E-state index in [0.717, 1.165) is 18.2 Å². The first-order valence-corrected chi connectivity index (χ1v) is 7.41. The zero-order valence-corrected chi connectivity index (χ0v) is 11.9. The fourth-order valence-electron chi connectivity index (χ4n) is 1.68. The van der Waals surface area contributed by atoms with Gasteiger partial charge in [-0.2, -0.15) is 0 Å². The molecule has 4 nitrogen and oxygen atoms in total. The van der Waals surface area contributed by atoms with Crippen LogP contribution in [0, 0.1) is 0 Å². The van der Waals surface area contributed by atoms with Gasteiger partial charge in [0, 0.05) is 27.4 Å². The minimum Gasteiger partial charge on any atom is -0.497 e. The molecule has 0 aromatic heterocycles. The van der Waals surface area contributed by atoms with Crippen molar-refractivity contribution in [1.82, 2.24) is 0 Å². The zero-order chi connectivity index (χ0) is 12.7. The van der Waals surface area contributed by atoms with E-state index in [4.69, 9.17) is 18.0 Å². The van der Waals surface area contributed by atoms with Crippen LogP contribution in [-0.4, -0.2) is 37.2 Å². The van der Waals surface area contributed by atoms with Gasteiger partial charge in [0.1, 0.15) is 5.75 Å². The molecule has 0 radical (unpaired) electrons. The van der Waals surface area contributed by atoms with Crippen LogP contribution in [0.4, 0.5) is 0 Å². The molecule has 0 fully saturated rings. The molecule has 0 aliphatic heterocycles. The predicted octanol–water partition coefficient (Wildman–Crippen LogP) is 2.12. The van der Waals surface area contributed by atoms with Gasteiger partial charge in [0.2, 0.25) is 0 Å². The Bertz CT molecular complexity index is 331. The maximum absolute atomic E-state index is 5.38. The van der Waals surface area contributed by atoms with Gasteiger partial charge in [-0.25, -0.2) is 0 Å². The minimum atomic E-state index is -2.47. The molecule has 0 aliphatic carbocycles. The first-order valence-electron chi connectivity index (χ1n) is 5.48. The molecule has 0 unspecified atom stereocenters. The quantitative estimate of drug-likeness (QED) is 0.700. The Morgan fingerprint density at radius 3 is 2.18 bits per heavy atom. The molecule has 0 spiro atoms. The van der Waals surface area contributed by atoms with Crippen molar-refractivity contribution in [2.75, 3.05) is 28.4 Å². The van der Waals surface area contributed by atoms with Crippen molar-refractivity contribution in [2.45, 2.75) is 12.5 Å². The highest BCUT2D eigenvalue weighted by molar-refractivity contribution is 6.60. The van der Waals surface area contributed by atoms with Gasteiger partial charge in [0.25, 0.3) is 0 Å². The van der Waals surface area contributed by atoms with Crippen molar-refractivity contribution in [3.8, 4) is 5.75 Å². The lowest BCUT2D eigenvalue weighted by Gasteiger charge is -2.24. The minimum absolute atomic E-state index is 0.754. The number of benzene rings is 1. The van der Waals surface area contributed by atoms with Gasteiger partial charge in [-0.3, -0.25) is 0 Å². The van der Waals surface area contributed by atoms with Gasteiger partial charge in [-0.05, 0) is 24.1 Å². The maximum Gasteiger partial charge on any atom is 0.500 e. The Balaban J connectivity index is 2.65. The van der Waals surface area contributed by atoms with Crippen molar-refractivity contribution in [3.63, 3.8) is 0 Å². The van der Waals surface area contributed by atoms with Crippen molar-refractivity contribution in [1.29, 1.82) is 0 Å². The maximum atomic E-state index is 5.38. The van der Waals surface area contributed by atoms with Crippen LogP contribution < -0.4 is 4.74 Å². The van der Waals surface area contributed by atoms with E-state index in [-0.39, 0.29) is 0 Å². The van der Waals surface area contributed by atoms with Crippen LogP contribution >= 0.6 is 0 Å². The molecule has 0 amide bonds. The van der Waals surface area contributed by atoms with Gasteiger partial charge in [-0.15, -0.1) is 0 Å². The van der Waals surface area contributed by atoms with Gasteiger partial charge in [-0.1, -0.05) is 12.1 Å². The average Bonchev–Trinajstić information content (AvgIpc) is 2.41. The van der Waals surface area contributed by atoms with E-state index in [1.54, 1.807) is 28.4 Å². The summed E-state index contributed by atoms with van der Waals surface area (Å²) >= 11 is 0. The van der Waals surface area contributed by atoms with Crippen LogP contribution in [0.3, 0.4) is 0 Å². The summed E-state index contributed by atoms with van der Waals surface area (Å²) in [6, 6.07) is 8.73. The SMILES string of the molecule is COc1cccc(CC[Si](OC)(OC)OC)c1. The third kappa shape index (κ3) is 3.81. The standard InChI is InChI=1S/C12H20O4Si/c1-13-12-7-5-6-11(10-12)8-9-17(14-2,15-3)16-4/h5-7,10H,8-9H2,1-4H3. The average molecular weight is 256 g/mol. The third-order valence-electron chi connectivity index (χ3n) is 2.79. The molecule has 1 aromatic rings. The molecular weight excluding hydrogens is 236 g/mol. The van der Waals surface area contributed by atoms with E-state index in [9.17, 15) is 0 Å². The van der Waals surface area contributed by atoms with E-state index in [0.29, 0.717) is 0 Å². The summed E-state index contributed by atoms with van der Waals surface area (Å²) in [4.78, 5) is 0. The fraction of sp³-hybridized carbons (Fsp3) is 0.500. The topological polar surface area (TPSA) is 36.9 Å². The second-order valence-electron chi connectivity index (χ2n) is 3.65. The first-order chi connectivity index (χ1) is 8.19. The van der Waals surface area contributed by atoms with Crippen LogP contribution in [0.25, 0.3) is 0 Å². The number of hydrogen-bond donors (Lipinski definition) is 0. The highest BCUT2D eigenvalue weighted by Gasteiger charge is 2.37. The van der Waals surface area contributed by atoms with E-state index >= 15 is 0 Å². The lowest BCUT2D eigenvalue weighted by atomic mass is 10.2. The zero-order valence-electron chi connectivity index (χ0n) is 10.9. The van der Waals surface area contributed by atoms with E-state index < -0.39 is 8.80 Å². The molecule has 96 valence electrons. The van der Waals surface area contributed by atoms with Crippen LogP contribution in [0.5, 0.6) is 5.75 Å². The number of aryl methyl sites for hydroxylation is 1.